The minimum absolute atomic E-state index is 0.0721. The maximum absolute atomic E-state index is 12.2. The van der Waals surface area contributed by atoms with Gasteiger partial charge >= 0.3 is 11.9 Å². The second-order valence-corrected chi connectivity index (χ2v) is 5.93. The average Bonchev–Trinajstić information content (AvgIpc) is 2.90. The summed E-state index contributed by atoms with van der Waals surface area (Å²) in [5.41, 5.74) is 0.301. The maximum Gasteiger partial charge on any atom is 0.376 e. The van der Waals surface area contributed by atoms with E-state index >= 15 is 0 Å². The number of ether oxygens (including phenoxy) is 2. The third kappa shape index (κ3) is 3.33. The number of esters is 2. The highest BCUT2D eigenvalue weighted by molar-refractivity contribution is 6.02. The molecule has 0 amide bonds. The normalized spacial score (nSPS) is 11.5. The predicted molar refractivity (Wildman–Crippen MR) is 84.4 cm³/mol. The van der Waals surface area contributed by atoms with Gasteiger partial charge in [0.15, 0.2) is 5.69 Å². The lowest BCUT2D eigenvalue weighted by atomic mass is 10.1. The van der Waals surface area contributed by atoms with Crippen LogP contribution in [0.3, 0.4) is 0 Å². The highest BCUT2D eigenvalue weighted by Gasteiger charge is 2.25. The lowest BCUT2D eigenvalue weighted by molar-refractivity contribution is 0.0507. The molecule has 2 heterocycles. The summed E-state index contributed by atoms with van der Waals surface area (Å²) in [6.45, 7) is 9.84. The molecule has 0 aliphatic heterocycles. The molecule has 0 aliphatic rings. The van der Waals surface area contributed by atoms with E-state index in [9.17, 15) is 9.59 Å². The molecule has 0 saturated carbocycles. The summed E-state index contributed by atoms with van der Waals surface area (Å²) in [5, 5.41) is 0.548. The average molecular weight is 319 g/mol. The largest absolute Gasteiger partial charge is 0.461 e. The number of aromatic nitrogens is 3. The summed E-state index contributed by atoms with van der Waals surface area (Å²) in [6.07, 6.45) is 1.82. The van der Waals surface area contributed by atoms with Gasteiger partial charge in [-0.05, 0) is 40.7 Å². The van der Waals surface area contributed by atoms with Crippen molar-refractivity contribution in [2.45, 2.75) is 40.2 Å². The zero-order valence-corrected chi connectivity index (χ0v) is 14.0. The van der Waals surface area contributed by atoms with Crippen molar-refractivity contribution in [3.8, 4) is 0 Å². The number of hydrogen-bond acceptors (Lipinski definition) is 6. The van der Waals surface area contributed by atoms with Crippen molar-refractivity contribution in [3.05, 3.63) is 23.8 Å². The fraction of sp³-hybridized carbons (Fsp3) is 0.500. The Hall–Kier alpha value is -2.44. The molecule has 7 heteroatoms. The summed E-state index contributed by atoms with van der Waals surface area (Å²) >= 11 is 0. The summed E-state index contributed by atoms with van der Waals surface area (Å²) in [6, 6.07) is 1.75. The third-order valence-corrected chi connectivity index (χ3v) is 3.19. The van der Waals surface area contributed by atoms with Gasteiger partial charge in [0.1, 0.15) is 5.65 Å². The summed E-state index contributed by atoms with van der Waals surface area (Å²) in [4.78, 5) is 32.5. The van der Waals surface area contributed by atoms with Gasteiger partial charge in [0.05, 0.1) is 18.6 Å². The van der Waals surface area contributed by atoms with E-state index in [4.69, 9.17) is 9.47 Å². The quantitative estimate of drug-likeness (QED) is 0.805. The first-order chi connectivity index (χ1) is 10.8. The van der Waals surface area contributed by atoms with Crippen molar-refractivity contribution in [2.24, 2.45) is 0 Å². The number of rotatable bonds is 4. The Morgan fingerprint density at radius 2 is 1.70 bits per heavy atom. The molecule has 2 aromatic rings. The zero-order chi connectivity index (χ0) is 17.2. The van der Waals surface area contributed by atoms with Crippen LogP contribution < -0.4 is 0 Å². The molecule has 124 valence electrons. The van der Waals surface area contributed by atoms with Crippen LogP contribution in [0.15, 0.2) is 12.3 Å². The lowest BCUT2D eigenvalue weighted by Gasteiger charge is -2.22. The first-order valence-electron chi connectivity index (χ1n) is 7.53. The van der Waals surface area contributed by atoms with E-state index in [0.29, 0.717) is 11.0 Å². The Morgan fingerprint density at radius 1 is 1.09 bits per heavy atom. The number of carbonyl (C=O) groups is 2. The van der Waals surface area contributed by atoms with Gasteiger partial charge in [-0.1, -0.05) is 0 Å². The molecular weight excluding hydrogens is 298 g/mol. The minimum atomic E-state index is -0.665. The monoisotopic (exact) mass is 319 g/mol. The molecule has 0 atom stereocenters. The van der Waals surface area contributed by atoms with Gasteiger partial charge in [0.2, 0.25) is 5.82 Å². The first-order valence-corrected chi connectivity index (χ1v) is 7.53. The van der Waals surface area contributed by atoms with E-state index in [-0.39, 0.29) is 30.3 Å². The van der Waals surface area contributed by atoms with Crippen LogP contribution in [0, 0.1) is 0 Å². The van der Waals surface area contributed by atoms with E-state index in [0.717, 1.165) is 0 Å². The van der Waals surface area contributed by atoms with Crippen molar-refractivity contribution in [1.29, 1.82) is 0 Å². The number of fused-ring (bicyclic) bond motifs is 1. The van der Waals surface area contributed by atoms with Gasteiger partial charge in [-0.25, -0.2) is 19.6 Å². The molecule has 0 radical (unpaired) electrons. The molecule has 23 heavy (non-hydrogen) atoms. The molecule has 0 spiro atoms. The van der Waals surface area contributed by atoms with Gasteiger partial charge in [-0.15, -0.1) is 0 Å². The van der Waals surface area contributed by atoms with Crippen LogP contribution in [-0.2, 0) is 15.0 Å². The number of hydrogen-bond donors (Lipinski definition) is 0. The summed E-state index contributed by atoms with van der Waals surface area (Å²) < 4.78 is 11.9. The van der Waals surface area contributed by atoms with E-state index in [1.54, 1.807) is 19.9 Å². The highest BCUT2D eigenvalue weighted by atomic mass is 16.5. The molecule has 2 aromatic heterocycles. The molecule has 0 saturated heterocycles. The van der Waals surface area contributed by atoms with E-state index in [1.807, 2.05) is 31.5 Å². The second-order valence-electron chi connectivity index (χ2n) is 5.93. The number of carbonyl (C=O) groups excluding carboxylic acids is 2. The Kier molecular flexibility index (Phi) is 4.68. The van der Waals surface area contributed by atoms with Crippen molar-refractivity contribution in [2.75, 3.05) is 13.2 Å². The molecule has 0 aliphatic carbocycles. The SMILES string of the molecule is CCOC(=O)c1nc(C(=O)OCC)c2ccn(C(C)(C)C)c2n1. The molecule has 2 rings (SSSR count). The zero-order valence-electron chi connectivity index (χ0n) is 14.0. The number of nitrogens with zero attached hydrogens (tertiary/aromatic N) is 3. The molecule has 0 fully saturated rings. The maximum atomic E-state index is 12.2. The molecule has 0 aromatic carbocycles. The van der Waals surface area contributed by atoms with Crippen LogP contribution in [0.25, 0.3) is 11.0 Å². The molecule has 7 nitrogen and oxygen atoms in total. The summed E-state index contributed by atoms with van der Waals surface area (Å²) in [7, 11) is 0. The fourth-order valence-corrected chi connectivity index (χ4v) is 2.20. The topological polar surface area (TPSA) is 83.3 Å². The molecule has 0 unspecified atom stereocenters. The molecule has 0 bridgehead atoms. The molecular formula is C16H21N3O4. The first kappa shape index (κ1) is 16.9. The smallest absolute Gasteiger partial charge is 0.376 e. The van der Waals surface area contributed by atoms with Crippen LogP contribution in [0.1, 0.15) is 55.7 Å². The van der Waals surface area contributed by atoms with Gasteiger partial charge in [0.25, 0.3) is 0 Å². The lowest BCUT2D eigenvalue weighted by Crippen LogP contribution is -2.22. The van der Waals surface area contributed by atoms with Gasteiger partial charge in [0, 0.05) is 11.7 Å². The van der Waals surface area contributed by atoms with Gasteiger partial charge in [-0.3, -0.25) is 0 Å². The van der Waals surface area contributed by atoms with Crippen molar-refractivity contribution >= 4 is 23.0 Å². The van der Waals surface area contributed by atoms with Crippen molar-refractivity contribution < 1.29 is 19.1 Å². The van der Waals surface area contributed by atoms with E-state index < -0.39 is 11.9 Å². The highest BCUT2D eigenvalue weighted by Crippen LogP contribution is 2.25. The van der Waals surface area contributed by atoms with Gasteiger partial charge in [-0.2, -0.15) is 0 Å². The third-order valence-electron chi connectivity index (χ3n) is 3.19. The van der Waals surface area contributed by atoms with E-state index in [2.05, 4.69) is 9.97 Å². The second kappa shape index (κ2) is 6.36. The van der Waals surface area contributed by atoms with Crippen LogP contribution in [0.2, 0.25) is 0 Å². The Morgan fingerprint density at radius 3 is 2.26 bits per heavy atom. The van der Waals surface area contributed by atoms with Crippen LogP contribution in [0.5, 0.6) is 0 Å². The van der Waals surface area contributed by atoms with Crippen molar-refractivity contribution in [3.63, 3.8) is 0 Å². The van der Waals surface area contributed by atoms with Crippen LogP contribution >= 0.6 is 0 Å². The standard InChI is InChI=1S/C16H21N3O4/c1-6-22-14(20)11-10-8-9-19(16(3,4)5)13(10)18-12(17-11)15(21)23-7-2/h8-9H,6-7H2,1-5H3. The predicted octanol–water partition coefficient (Wildman–Crippen LogP) is 2.54. The fourth-order valence-electron chi connectivity index (χ4n) is 2.20. The Balaban J connectivity index is 2.70. The van der Waals surface area contributed by atoms with E-state index in [1.165, 1.54) is 0 Å². The van der Waals surface area contributed by atoms with Crippen LogP contribution in [-0.4, -0.2) is 39.7 Å². The minimum Gasteiger partial charge on any atom is -0.461 e. The Labute approximate surface area is 134 Å². The summed E-state index contributed by atoms with van der Waals surface area (Å²) in [5.74, 6) is -1.40. The van der Waals surface area contributed by atoms with Gasteiger partial charge < -0.3 is 14.0 Å². The molecule has 0 N–H and O–H groups in total. The van der Waals surface area contributed by atoms with Crippen LogP contribution in [0.4, 0.5) is 0 Å². The Bertz CT molecular complexity index is 744. The van der Waals surface area contributed by atoms with Crippen molar-refractivity contribution in [1.82, 2.24) is 14.5 Å².